The zero-order valence-corrected chi connectivity index (χ0v) is 10.2. The Kier molecular flexibility index (Phi) is 3.66. The van der Waals surface area contributed by atoms with Gasteiger partial charge >= 0.3 is 6.03 Å². The van der Waals surface area contributed by atoms with Crippen LogP contribution in [0.5, 0.6) is 0 Å². The first-order valence-corrected chi connectivity index (χ1v) is 6.17. The van der Waals surface area contributed by atoms with Crippen LogP contribution in [0.3, 0.4) is 0 Å². The fourth-order valence-electron chi connectivity index (χ4n) is 2.16. The molecule has 5 heteroatoms. The molecular formula is C11H22N4O. The molecule has 0 aromatic heterocycles. The average molecular weight is 226 g/mol. The van der Waals surface area contributed by atoms with Crippen LogP contribution >= 0.6 is 0 Å². The van der Waals surface area contributed by atoms with Gasteiger partial charge in [0.1, 0.15) is 0 Å². The molecule has 2 rings (SSSR count). The molecule has 0 aliphatic carbocycles. The van der Waals surface area contributed by atoms with Crippen LogP contribution in [0.25, 0.3) is 0 Å². The van der Waals surface area contributed by atoms with Gasteiger partial charge in [0.2, 0.25) is 0 Å². The highest BCUT2D eigenvalue weighted by Crippen LogP contribution is 2.09. The topological polar surface area (TPSA) is 47.6 Å². The summed E-state index contributed by atoms with van der Waals surface area (Å²) in [6, 6.07) is 1.01. The molecule has 0 aromatic rings. The number of carbonyl (C=O) groups is 1. The van der Waals surface area contributed by atoms with Gasteiger partial charge in [0, 0.05) is 51.4 Å². The minimum absolute atomic E-state index is 0.0846. The van der Waals surface area contributed by atoms with Gasteiger partial charge in [0.05, 0.1) is 0 Å². The monoisotopic (exact) mass is 226 g/mol. The zero-order valence-electron chi connectivity index (χ0n) is 10.2. The van der Waals surface area contributed by atoms with Crippen LogP contribution in [0.2, 0.25) is 0 Å². The molecule has 2 amide bonds. The number of hydrogen-bond donors (Lipinski definition) is 2. The van der Waals surface area contributed by atoms with Crippen molar-refractivity contribution in [3.63, 3.8) is 0 Å². The third-order valence-corrected chi connectivity index (χ3v) is 3.29. The third-order valence-electron chi connectivity index (χ3n) is 3.29. The number of piperazine rings is 1. The van der Waals surface area contributed by atoms with Crippen molar-refractivity contribution in [3.8, 4) is 0 Å². The largest absolute Gasteiger partial charge is 0.336 e. The normalized spacial score (nSPS) is 23.3. The number of nitrogens with one attached hydrogen (secondary N) is 2. The Bertz CT molecular complexity index is 244. The van der Waals surface area contributed by atoms with E-state index >= 15 is 0 Å². The molecule has 0 atom stereocenters. The van der Waals surface area contributed by atoms with Gasteiger partial charge in [0.25, 0.3) is 0 Å². The number of carbonyl (C=O) groups excluding carboxylic acids is 1. The molecule has 0 unspecified atom stereocenters. The molecule has 2 fully saturated rings. The molecule has 2 aliphatic rings. The maximum Gasteiger partial charge on any atom is 0.317 e. The minimum atomic E-state index is 0.0846. The van der Waals surface area contributed by atoms with Crippen molar-refractivity contribution in [1.82, 2.24) is 20.4 Å². The number of nitrogens with zero attached hydrogens (tertiary/aromatic N) is 2. The lowest BCUT2D eigenvalue weighted by Gasteiger charge is -2.43. The Balaban J connectivity index is 1.73. The van der Waals surface area contributed by atoms with Gasteiger partial charge < -0.3 is 15.5 Å². The lowest BCUT2D eigenvalue weighted by Crippen LogP contribution is -2.62. The summed E-state index contributed by atoms with van der Waals surface area (Å²) in [5.74, 6) is 0. The number of hydrogen-bond acceptors (Lipinski definition) is 3. The molecule has 0 aromatic carbocycles. The molecule has 0 saturated carbocycles. The summed E-state index contributed by atoms with van der Waals surface area (Å²) in [5.41, 5.74) is 0. The van der Waals surface area contributed by atoms with E-state index in [9.17, 15) is 4.79 Å². The highest BCUT2D eigenvalue weighted by atomic mass is 16.2. The summed E-state index contributed by atoms with van der Waals surface area (Å²) in [4.78, 5) is 16.2. The van der Waals surface area contributed by atoms with Gasteiger partial charge in [-0.25, -0.2) is 4.79 Å². The molecule has 2 heterocycles. The predicted octanol–water partition coefficient (Wildman–Crippen LogP) is -0.306. The summed E-state index contributed by atoms with van der Waals surface area (Å²) >= 11 is 0. The quantitative estimate of drug-likeness (QED) is 0.679. The van der Waals surface area contributed by atoms with Gasteiger partial charge in [-0.05, 0) is 13.8 Å². The summed E-state index contributed by atoms with van der Waals surface area (Å²) in [7, 11) is 0. The standard InChI is InChI=1S/C11H22N4O/c1-9(2)13-11(16)15-5-3-14(4-6-15)10-7-12-8-10/h9-10,12H,3-8H2,1-2H3,(H,13,16). The van der Waals surface area contributed by atoms with Crippen molar-refractivity contribution in [1.29, 1.82) is 0 Å². The zero-order chi connectivity index (χ0) is 11.5. The number of rotatable bonds is 2. The fourth-order valence-corrected chi connectivity index (χ4v) is 2.16. The van der Waals surface area contributed by atoms with E-state index in [4.69, 9.17) is 0 Å². The molecule has 2 saturated heterocycles. The maximum absolute atomic E-state index is 11.8. The van der Waals surface area contributed by atoms with Crippen molar-refractivity contribution in [2.45, 2.75) is 25.9 Å². The van der Waals surface area contributed by atoms with Crippen molar-refractivity contribution < 1.29 is 4.79 Å². The average Bonchev–Trinajstić information content (AvgIpc) is 2.15. The van der Waals surface area contributed by atoms with Crippen molar-refractivity contribution in [3.05, 3.63) is 0 Å². The summed E-state index contributed by atoms with van der Waals surface area (Å²) in [6.07, 6.45) is 0. The van der Waals surface area contributed by atoms with Crippen LogP contribution < -0.4 is 10.6 Å². The van der Waals surface area contributed by atoms with Crippen LogP contribution in [0.15, 0.2) is 0 Å². The van der Waals surface area contributed by atoms with E-state index in [1.165, 1.54) is 0 Å². The summed E-state index contributed by atoms with van der Waals surface area (Å²) < 4.78 is 0. The van der Waals surface area contributed by atoms with Crippen LogP contribution in [0.4, 0.5) is 4.79 Å². The van der Waals surface area contributed by atoms with Gasteiger partial charge in [0.15, 0.2) is 0 Å². The van der Waals surface area contributed by atoms with Gasteiger partial charge in [-0.3, -0.25) is 4.90 Å². The molecule has 92 valence electrons. The van der Waals surface area contributed by atoms with Gasteiger partial charge in [-0.2, -0.15) is 0 Å². The van der Waals surface area contributed by atoms with E-state index in [0.717, 1.165) is 39.3 Å². The van der Waals surface area contributed by atoms with E-state index < -0.39 is 0 Å². The molecule has 16 heavy (non-hydrogen) atoms. The van der Waals surface area contributed by atoms with Crippen molar-refractivity contribution in [2.75, 3.05) is 39.3 Å². The first-order chi connectivity index (χ1) is 7.66. The number of amides is 2. The van der Waals surface area contributed by atoms with E-state index in [2.05, 4.69) is 15.5 Å². The van der Waals surface area contributed by atoms with E-state index in [1.807, 2.05) is 18.7 Å². The molecular weight excluding hydrogens is 204 g/mol. The molecule has 0 bridgehead atoms. The fraction of sp³-hybridized carbons (Fsp3) is 0.909. The van der Waals surface area contributed by atoms with E-state index in [0.29, 0.717) is 6.04 Å². The van der Waals surface area contributed by atoms with Crippen LogP contribution in [-0.4, -0.2) is 67.2 Å². The first-order valence-electron chi connectivity index (χ1n) is 6.17. The smallest absolute Gasteiger partial charge is 0.317 e. The van der Waals surface area contributed by atoms with Gasteiger partial charge in [-0.1, -0.05) is 0 Å². The SMILES string of the molecule is CC(C)NC(=O)N1CCN(C2CNC2)CC1. The second-order valence-corrected chi connectivity index (χ2v) is 4.94. The Morgan fingerprint density at radius 1 is 1.25 bits per heavy atom. The Morgan fingerprint density at radius 2 is 1.88 bits per heavy atom. The number of urea groups is 1. The van der Waals surface area contributed by atoms with Crippen LogP contribution in [-0.2, 0) is 0 Å². The molecule has 5 nitrogen and oxygen atoms in total. The van der Waals surface area contributed by atoms with Crippen molar-refractivity contribution in [2.24, 2.45) is 0 Å². The highest BCUT2D eigenvalue weighted by molar-refractivity contribution is 5.74. The lowest BCUT2D eigenvalue weighted by molar-refractivity contribution is 0.0839. The van der Waals surface area contributed by atoms with Crippen LogP contribution in [0.1, 0.15) is 13.8 Å². The Morgan fingerprint density at radius 3 is 2.31 bits per heavy atom. The summed E-state index contributed by atoms with van der Waals surface area (Å²) in [5, 5.41) is 6.22. The van der Waals surface area contributed by atoms with E-state index in [1.54, 1.807) is 0 Å². The van der Waals surface area contributed by atoms with Crippen LogP contribution in [0, 0.1) is 0 Å². The van der Waals surface area contributed by atoms with E-state index in [-0.39, 0.29) is 12.1 Å². The molecule has 0 spiro atoms. The second kappa shape index (κ2) is 5.01. The second-order valence-electron chi connectivity index (χ2n) is 4.94. The van der Waals surface area contributed by atoms with Gasteiger partial charge in [-0.15, -0.1) is 0 Å². The minimum Gasteiger partial charge on any atom is -0.336 e. The highest BCUT2D eigenvalue weighted by Gasteiger charge is 2.29. The molecule has 2 N–H and O–H groups in total. The predicted molar refractivity (Wildman–Crippen MR) is 63.5 cm³/mol. The van der Waals surface area contributed by atoms with Crippen molar-refractivity contribution >= 4 is 6.03 Å². The Labute approximate surface area is 97.2 Å². The summed E-state index contributed by atoms with van der Waals surface area (Å²) in [6.45, 7) is 9.94. The third kappa shape index (κ3) is 2.65. The first kappa shape index (κ1) is 11.7. The lowest BCUT2D eigenvalue weighted by atomic mass is 10.1. The maximum atomic E-state index is 11.8. The molecule has 0 radical (unpaired) electrons. The Hall–Kier alpha value is -0.810. The molecule has 2 aliphatic heterocycles.